The quantitative estimate of drug-likeness (QED) is 0.831. The van der Waals surface area contributed by atoms with E-state index in [1.807, 2.05) is 0 Å². The normalized spacial score (nSPS) is 14.0. The molecule has 1 fully saturated rings. The Kier molecular flexibility index (Phi) is 6.19. The molecule has 0 spiro atoms. The summed E-state index contributed by atoms with van der Waals surface area (Å²) in [5.74, 6) is 1.11. The summed E-state index contributed by atoms with van der Waals surface area (Å²) in [5, 5.41) is 2.77. The van der Waals surface area contributed by atoms with Gasteiger partial charge in [0.1, 0.15) is 5.75 Å². The van der Waals surface area contributed by atoms with Gasteiger partial charge in [0, 0.05) is 56.7 Å². The molecule has 2 aromatic rings. The summed E-state index contributed by atoms with van der Waals surface area (Å²) in [6.45, 7) is 4.34. The molecule has 0 bridgehead atoms. The summed E-state index contributed by atoms with van der Waals surface area (Å²) in [6, 6.07) is 8.82. The van der Waals surface area contributed by atoms with Crippen LogP contribution in [0.2, 0.25) is 0 Å². The lowest BCUT2D eigenvalue weighted by atomic mass is 10.3. The number of ether oxygens (including phenoxy) is 1. The van der Waals surface area contributed by atoms with Crippen LogP contribution in [0.4, 0.5) is 11.6 Å². The molecule has 0 radical (unpaired) electrons. The lowest BCUT2D eigenvalue weighted by Gasteiger charge is -2.34. The number of amides is 2. The topological polar surface area (TPSA) is 87.7 Å². The highest BCUT2D eigenvalue weighted by atomic mass is 16.5. The van der Waals surface area contributed by atoms with Crippen LogP contribution >= 0.6 is 0 Å². The van der Waals surface area contributed by atoms with Gasteiger partial charge in [-0.1, -0.05) is 13.0 Å². The predicted octanol–water partition coefficient (Wildman–Crippen LogP) is 1.55. The van der Waals surface area contributed by atoms with Crippen molar-refractivity contribution in [3.05, 3.63) is 42.7 Å². The minimum atomic E-state index is -0.0662. The lowest BCUT2D eigenvalue weighted by molar-refractivity contribution is -0.133. The Morgan fingerprint density at radius 2 is 1.85 bits per heavy atom. The van der Waals surface area contributed by atoms with Crippen molar-refractivity contribution in [1.82, 2.24) is 14.9 Å². The van der Waals surface area contributed by atoms with E-state index in [9.17, 15) is 9.59 Å². The van der Waals surface area contributed by atoms with E-state index in [1.165, 1.54) is 0 Å². The smallest absolute Gasteiger partial charge is 0.260 e. The number of nitrogens with zero attached hydrogens (tertiary/aromatic N) is 4. The van der Waals surface area contributed by atoms with E-state index in [4.69, 9.17) is 4.74 Å². The van der Waals surface area contributed by atoms with Crippen molar-refractivity contribution in [2.75, 3.05) is 43.0 Å². The first-order chi connectivity index (χ1) is 13.2. The molecule has 2 amide bonds. The van der Waals surface area contributed by atoms with Gasteiger partial charge in [-0.25, -0.2) is 9.97 Å². The van der Waals surface area contributed by atoms with Gasteiger partial charge in [0.05, 0.1) is 0 Å². The molecule has 1 aliphatic heterocycles. The molecule has 0 atom stereocenters. The Hall–Kier alpha value is -3.16. The molecular weight excluding hydrogens is 346 g/mol. The van der Waals surface area contributed by atoms with Crippen LogP contribution in [0.5, 0.6) is 5.75 Å². The van der Waals surface area contributed by atoms with Gasteiger partial charge in [-0.05, 0) is 18.2 Å². The Bertz CT molecular complexity index is 776. The lowest BCUT2D eigenvalue weighted by Crippen LogP contribution is -2.50. The number of aromatic nitrogens is 2. The number of hydrogen-bond acceptors (Lipinski definition) is 6. The van der Waals surface area contributed by atoms with Crippen LogP contribution in [0, 0.1) is 0 Å². The van der Waals surface area contributed by atoms with Gasteiger partial charge >= 0.3 is 0 Å². The van der Waals surface area contributed by atoms with Crippen LogP contribution < -0.4 is 15.0 Å². The summed E-state index contributed by atoms with van der Waals surface area (Å²) < 4.78 is 5.61. The molecular formula is C19H23N5O3. The van der Waals surface area contributed by atoms with Crippen molar-refractivity contribution in [2.45, 2.75) is 13.3 Å². The van der Waals surface area contributed by atoms with Gasteiger partial charge in [-0.15, -0.1) is 0 Å². The minimum Gasteiger partial charge on any atom is -0.484 e. The van der Waals surface area contributed by atoms with Gasteiger partial charge in [0.25, 0.3) is 5.91 Å². The van der Waals surface area contributed by atoms with Crippen molar-refractivity contribution in [1.29, 1.82) is 0 Å². The van der Waals surface area contributed by atoms with Gasteiger partial charge in [-0.2, -0.15) is 0 Å². The van der Waals surface area contributed by atoms with E-state index >= 15 is 0 Å². The Morgan fingerprint density at radius 1 is 1.11 bits per heavy atom. The molecule has 1 aliphatic rings. The van der Waals surface area contributed by atoms with Gasteiger partial charge in [-0.3, -0.25) is 9.59 Å². The van der Waals surface area contributed by atoms with Crippen molar-refractivity contribution in [2.24, 2.45) is 0 Å². The molecule has 1 saturated heterocycles. The van der Waals surface area contributed by atoms with Crippen LogP contribution in [0.15, 0.2) is 42.7 Å². The zero-order valence-corrected chi connectivity index (χ0v) is 15.3. The fourth-order valence-corrected chi connectivity index (χ4v) is 2.76. The van der Waals surface area contributed by atoms with Crippen molar-refractivity contribution < 1.29 is 14.3 Å². The average molecular weight is 369 g/mol. The van der Waals surface area contributed by atoms with Crippen molar-refractivity contribution >= 4 is 23.5 Å². The minimum absolute atomic E-state index is 0.0347. The van der Waals surface area contributed by atoms with E-state index < -0.39 is 0 Å². The highest BCUT2D eigenvalue weighted by molar-refractivity contribution is 5.90. The average Bonchev–Trinajstić information content (AvgIpc) is 2.73. The second-order valence-electron chi connectivity index (χ2n) is 6.13. The number of benzene rings is 1. The molecule has 142 valence electrons. The van der Waals surface area contributed by atoms with Crippen LogP contribution in [0.1, 0.15) is 13.3 Å². The summed E-state index contributed by atoms with van der Waals surface area (Å²) in [4.78, 5) is 36.2. The van der Waals surface area contributed by atoms with E-state index in [0.29, 0.717) is 50.0 Å². The van der Waals surface area contributed by atoms with Crippen LogP contribution in [0.25, 0.3) is 0 Å². The summed E-state index contributed by atoms with van der Waals surface area (Å²) in [5.41, 5.74) is 0.656. The van der Waals surface area contributed by atoms with E-state index in [1.54, 1.807) is 54.5 Å². The predicted molar refractivity (Wildman–Crippen MR) is 102 cm³/mol. The van der Waals surface area contributed by atoms with E-state index in [0.717, 1.165) is 0 Å². The van der Waals surface area contributed by atoms with Gasteiger partial charge < -0.3 is 19.9 Å². The maximum atomic E-state index is 12.4. The summed E-state index contributed by atoms with van der Waals surface area (Å²) >= 11 is 0. The van der Waals surface area contributed by atoms with Crippen LogP contribution in [-0.2, 0) is 9.59 Å². The van der Waals surface area contributed by atoms with Crippen molar-refractivity contribution in [3.8, 4) is 5.75 Å². The first kappa shape index (κ1) is 18.6. The van der Waals surface area contributed by atoms with E-state index in [-0.39, 0.29) is 18.4 Å². The number of hydrogen-bond donors (Lipinski definition) is 1. The maximum Gasteiger partial charge on any atom is 0.260 e. The first-order valence-corrected chi connectivity index (χ1v) is 8.98. The van der Waals surface area contributed by atoms with E-state index in [2.05, 4.69) is 20.2 Å². The third-order valence-electron chi connectivity index (χ3n) is 4.27. The fraction of sp³-hybridized carbons (Fsp3) is 0.368. The number of piperazine rings is 1. The third-order valence-corrected chi connectivity index (χ3v) is 4.27. The number of rotatable bonds is 6. The molecule has 1 N–H and O–H groups in total. The number of carbonyl (C=O) groups excluding carboxylic acids is 2. The number of anilines is 2. The molecule has 0 saturated carbocycles. The molecule has 8 heteroatoms. The first-order valence-electron chi connectivity index (χ1n) is 8.98. The maximum absolute atomic E-state index is 12.4. The number of nitrogens with one attached hydrogen (secondary N) is 1. The van der Waals surface area contributed by atoms with Gasteiger partial charge in [0.15, 0.2) is 6.61 Å². The molecule has 1 aromatic heterocycles. The Balaban J connectivity index is 1.47. The Morgan fingerprint density at radius 3 is 2.56 bits per heavy atom. The molecule has 27 heavy (non-hydrogen) atoms. The standard InChI is InChI=1S/C19H23N5O3/c1-2-17(25)22-15-5-3-6-16(13-15)27-14-18(26)23-9-11-24(12-10-23)19-20-7-4-8-21-19/h3-8,13H,2,9-12,14H2,1H3,(H,22,25). The monoisotopic (exact) mass is 369 g/mol. The SMILES string of the molecule is CCC(=O)Nc1cccc(OCC(=O)N2CCN(c3ncccn3)CC2)c1. The molecule has 8 nitrogen and oxygen atoms in total. The molecule has 0 unspecified atom stereocenters. The second-order valence-corrected chi connectivity index (χ2v) is 6.13. The summed E-state index contributed by atoms with van der Waals surface area (Å²) in [7, 11) is 0. The molecule has 1 aromatic carbocycles. The highest BCUT2D eigenvalue weighted by Gasteiger charge is 2.22. The molecule has 0 aliphatic carbocycles. The van der Waals surface area contributed by atoms with Gasteiger partial charge in [0.2, 0.25) is 11.9 Å². The number of carbonyl (C=O) groups is 2. The zero-order chi connectivity index (χ0) is 19.1. The zero-order valence-electron chi connectivity index (χ0n) is 15.3. The molecule has 3 rings (SSSR count). The summed E-state index contributed by atoms with van der Waals surface area (Å²) in [6.07, 6.45) is 3.83. The largest absolute Gasteiger partial charge is 0.484 e. The van der Waals surface area contributed by atoms with Crippen LogP contribution in [-0.4, -0.2) is 59.5 Å². The van der Waals surface area contributed by atoms with Crippen LogP contribution in [0.3, 0.4) is 0 Å². The fourth-order valence-electron chi connectivity index (χ4n) is 2.76. The second kappa shape index (κ2) is 8.98. The van der Waals surface area contributed by atoms with Crippen molar-refractivity contribution in [3.63, 3.8) is 0 Å². The third kappa shape index (κ3) is 5.16. The molecule has 2 heterocycles. The highest BCUT2D eigenvalue weighted by Crippen LogP contribution is 2.18. The Labute approximate surface area is 158 Å².